The molecule has 0 radical (unpaired) electrons. The lowest BCUT2D eigenvalue weighted by atomic mass is 10.3. The average Bonchev–Trinajstić information content (AvgIpc) is 1.99. The Morgan fingerprint density at radius 1 is 1.53 bits per heavy atom. The van der Waals surface area contributed by atoms with Gasteiger partial charge in [0.25, 0.3) is 16.4 Å². The number of sulfonamides is 1. The first-order valence-electron chi connectivity index (χ1n) is 3.40. The quantitative estimate of drug-likeness (QED) is 0.640. The van der Waals surface area contributed by atoms with Gasteiger partial charge < -0.3 is 0 Å². The highest BCUT2D eigenvalue weighted by molar-refractivity contribution is 14.1. The van der Waals surface area contributed by atoms with Crippen LogP contribution in [0.25, 0.3) is 0 Å². The van der Waals surface area contributed by atoms with Crippen LogP contribution in [0.4, 0.5) is 8.78 Å². The Morgan fingerprint density at radius 2 is 2.07 bits per heavy atom. The second-order valence-electron chi connectivity index (χ2n) is 2.49. The summed E-state index contributed by atoms with van der Waals surface area (Å²) in [5.41, 5.74) is -0.496. The molecule has 0 saturated heterocycles. The topological polar surface area (TPSA) is 73.1 Å². The minimum absolute atomic E-state index is 0.00613. The van der Waals surface area contributed by atoms with Crippen LogP contribution in [-0.2, 0) is 10.0 Å². The van der Waals surface area contributed by atoms with Crippen molar-refractivity contribution in [1.82, 2.24) is 4.98 Å². The molecule has 0 bridgehead atoms. The molecule has 9 heteroatoms. The monoisotopic (exact) mass is 368 g/mol. The highest BCUT2D eigenvalue weighted by Crippen LogP contribution is 2.31. The molecule has 0 saturated carbocycles. The Kier molecular flexibility index (Phi) is 3.85. The Hall–Kier alpha value is -0.0600. The molecule has 84 valence electrons. The SMILES string of the molecule is NS(=O)(=O)c1cc(I)c(C(F)F)c(Cl)n1. The Bertz CT molecular complexity index is 471. The van der Waals surface area contributed by atoms with Crippen molar-refractivity contribution >= 4 is 44.2 Å². The molecular weight excluding hydrogens is 364 g/mol. The predicted molar refractivity (Wildman–Crippen MR) is 58.3 cm³/mol. The number of hydrogen-bond donors (Lipinski definition) is 1. The first-order chi connectivity index (χ1) is 6.73. The first-order valence-corrected chi connectivity index (χ1v) is 6.40. The molecule has 0 fully saturated rings. The number of pyridine rings is 1. The summed E-state index contributed by atoms with van der Waals surface area (Å²) in [6.45, 7) is 0. The zero-order chi connectivity index (χ0) is 11.8. The molecule has 1 aromatic heterocycles. The lowest BCUT2D eigenvalue weighted by Crippen LogP contribution is -2.15. The molecule has 0 unspecified atom stereocenters. The van der Waals surface area contributed by atoms with Crippen LogP contribution in [0.3, 0.4) is 0 Å². The van der Waals surface area contributed by atoms with E-state index in [0.717, 1.165) is 6.07 Å². The van der Waals surface area contributed by atoms with Gasteiger partial charge in [-0.05, 0) is 28.7 Å². The van der Waals surface area contributed by atoms with Crippen LogP contribution in [0.2, 0.25) is 5.15 Å². The fourth-order valence-corrected chi connectivity index (χ4v) is 2.80. The van der Waals surface area contributed by atoms with Crippen LogP contribution in [0.15, 0.2) is 11.1 Å². The van der Waals surface area contributed by atoms with Crippen molar-refractivity contribution in [2.75, 3.05) is 0 Å². The number of aromatic nitrogens is 1. The van der Waals surface area contributed by atoms with Crippen LogP contribution < -0.4 is 5.14 Å². The second kappa shape index (κ2) is 4.44. The van der Waals surface area contributed by atoms with E-state index in [-0.39, 0.29) is 3.57 Å². The van der Waals surface area contributed by atoms with Crippen molar-refractivity contribution in [2.24, 2.45) is 5.14 Å². The molecular formula is C6H4ClF2IN2O2S. The molecule has 2 N–H and O–H groups in total. The van der Waals surface area contributed by atoms with Crippen molar-refractivity contribution in [1.29, 1.82) is 0 Å². The number of primary sulfonamides is 1. The van der Waals surface area contributed by atoms with E-state index in [9.17, 15) is 17.2 Å². The molecule has 0 atom stereocenters. The maximum absolute atomic E-state index is 12.4. The lowest BCUT2D eigenvalue weighted by molar-refractivity contribution is 0.150. The number of hydrogen-bond acceptors (Lipinski definition) is 3. The molecule has 0 amide bonds. The Labute approximate surface area is 103 Å². The van der Waals surface area contributed by atoms with E-state index in [4.69, 9.17) is 16.7 Å². The van der Waals surface area contributed by atoms with Gasteiger partial charge in [0.2, 0.25) is 0 Å². The third kappa shape index (κ3) is 2.95. The molecule has 0 aliphatic heterocycles. The summed E-state index contributed by atoms with van der Waals surface area (Å²) in [4.78, 5) is 3.29. The maximum atomic E-state index is 12.4. The summed E-state index contributed by atoms with van der Waals surface area (Å²) in [5, 5.41) is 3.70. The van der Waals surface area contributed by atoms with Crippen molar-refractivity contribution in [3.8, 4) is 0 Å². The van der Waals surface area contributed by atoms with Crippen LogP contribution in [0.5, 0.6) is 0 Å². The summed E-state index contributed by atoms with van der Waals surface area (Å²) < 4.78 is 46.6. The number of halogens is 4. The smallest absolute Gasteiger partial charge is 0.223 e. The van der Waals surface area contributed by atoms with Crippen LogP contribution in [0, 0.1) is 3.57 Å². The molecule has 4 nitrogen and oxygen atoms in total. The van der Waals surface area contributed by atoms with Crippen molar-refractivity contribution in [2.45, 2.75) is 11.5 Å². The van der Waals surface area contributed by atoms with Gasteiger partial charge in [0.15, 0.2) is 5.03 Å². The first kappa shape index (κ1) is 13.0. The van der Waals surface area contributed by atoms with Gasteiger partial charge in [-0.2, -0.15) is 0 Å². The van der Waals surface area contributed by atoms with E-state index in [0.29, 0.717) is 0 Å². The fourth-order valence-electron chi connectivity index (χ4n) is 0.814. The van der Waals surface area contributed by atoms with E-state index in [1.165, 1.54) is 0 Å². The molecule has 1 heterocycles. The molecule has 1 rings (SSSR count). The predicted octanol–water partition coefficient (Wildman–Crippen LogP) is 1.92. The molecule has 0 aliphatic carbocycles. The van der Waals surface area contributed by atoms with Crippen molar-refractivity contribution in [3.05, 3.63) is 20.4 Å². The van der Waals surface area contributed by atoms with Crippen LogP contribution in [0.1, 0.15) is 12.0 Å². The summed E-state index contributed by atoms with van der Waals surface area (Å²) in [5.74, 6) is 0. The molecule has 0 aromatic carbocycles. The van der Waals surface area contributed by atoms with Gasteiger partial charge in [-0.1, -0.05) is 11.6 Å². The Morgan fingerprint density at radius 3 is 2.40 bits per heavy atom. The molecule has 0 spiro atoms. The van der Waals surface area contributed by atoms with Gasteiger partial charge in [-0.3, -0.25) is 0 Å². The third-order valence-electron chi connectivity index (χ3n) is 1.45. The summed E-state index contributed by atoms with van der Waals surface area (Å²) in [7, 11) is -4.04. The van der Waals surface area contributed by atoms with E-state index in [1.54, 1.807) is 22.6 Å². The van der Waals surface area contributed by atoms with Gasteiger partial charge in [0.1, 0.15) is 5.15 Å². The molecule has 15 heavy (non-hydrogen) atoms. The Balaban J connectivity index is 3.45. The highest BCUT2D eigenvalue weighted by atomic mass is 127. The number of nitrogens with two attached hydrogens (primary N) is 1. The summed E-state index contributed by atoms with van der Waals surface area (Å²) >= 11 is 6.96. The minimum atomic E-state index is -4.04. The van der Waals surface area contributed by atoms with E-state index >= 15 is 0 Å². The summed E-state index contributed by atoms with van der Waals surface area (Å²) in [6, 6.07) is 0.948. The van der Waals surface area contributed by atoms with Crippen molar-refractivity contribution < 1.29 is 17.2 Å². The number of rotatable bonds is 2. The van der Waals surface area contributed by atoms with Gasteiger partial charge in [-0.25, -0.2) is 27.3 Å². The largest absolute Gasteiger partial charge is 0.267 e. The summed E-state index contributed by atoms with van der Waals surface area (Å²) in [6.07, 6.45) is -2.81. The standard InChI is InChI=1S/C6H4ClF2IN2O2S/c7-5-4(6(8)9)2(10)1-3(12-5)15(11,13)14/h1,6H,(H2,11,13,14). The van der Waals surface area contributed by atoms with Crippen LogP contribution >= 0.6 is 34.2 Å². The van der Waals surface area contributed by atoms with E-state index < -0.39 is 32.2 Å². The van der Waals surface area contributed by atoms with Gasteiger partial charge in [-0.15, -0.1) is 0 Å². The van der Waals surface area contributed by atoms with Crippen molar-refractivity contribution in [3.63, 3.8) is 0 Å². The third-order valence-corrected chi connectivity index (χ3v) is 3.42. The maximum Gasteiger partial charge on any atom is 0.267 e. The average molecular weight is 369 g/mol. The number of alkyl halides is 2. The highest BCUT2D eigenvalue weighted by Gasteiger charge is 2.21. The minimum Gasteiger partial charge on any atom is -0.223 e. The lowest BCUT2D eigenvalue weighted by Gasteiger charge is -2.06. The fraction of sp³-hybridized carbons (Fsp3) is 0.167. The van der Waals surface area contributed by atoms with E-state index in [2.05, 4.69) is 4.98 Å². The van der Waals surface area contributed by atoms with Gasteiger partial charge in [0.05, 0.1) is 5.56 Å². The second-order valence-corrected chi connectivity index (χ2v) is 5.52. The number of nitrogens with zero attached hydrogens (tertiary/aromatic N) is 1. The zero-order valence-electron chi connectivity index (χ0n) is 6.92. The van der Waals surface area contributed by atoms with Gasteiger partial charge >= 0.3 is 0 Å². The van der Waals surface area contributed by atoms with Crippen LogP contribution in [-0.4, -0.2) is 13.4 Å². The molecule has 0 aliphatic rings. The molecule has 1 aromatic rings. The van der Waals surface area contributed by atoms with E-state index in [1.807, 2.05) is 0 Å². The van der Waals surface area contributed by atoms with Gasteiger partial charge in [0, 0.05) is 3.57 Å². The normalized spacial score (nSPS) is 12.1. The zero-order valence-corrected chi connectivity index (χ0v) is 10.6.